The van der Waals surface area contributed by atoms with Gasteiger partial charge < -0.3 is 5.11 Å². The number of azo groups is 1. The molecule has 0 aliphatic carbocycles. The first-order chi connectivity index (χ1) is 16.2. The molecule has 0 aliphatic heterocycles. The van der Waals surface area contributed by atoms with E-state index < -0.39 is 0 Å². The molecule has 1 N–H and O–H groups in total. The van der Waals surface area contributed by atoms with Crippen LogP contribution in [0.5, 0.6) is 5.75 Å². The van der Waals surface area contributed by atoms with Crippen LogP contribution in [0.15, 0.2) is 125 Å². The molecule has 5 aromatic carbocycles. The van der Waals surface area contributed by atoms with Gasteiger partial charge in [-0.2, -0.15) is 10.2 Å². The first kappa shape index (κ1) is 20.2. The highest BCUT2D eigenvalue weighted by Gasteiger charge is 2.00. The molecule has 0 aliphatic rings. The van der Waals surface area contributed by atoms with Crippen molar-refractivity contribution in [3.63, 3.8) is 0 Å². The van der Waals surface area contributed by atoms with Crippen LogP contribution in [0.2, 0.25) is 0 Å². The normalized spacial score (nSPS) is 10.8. The summed E-state index contributed by atoms with van der Waals surface area (Å²) in [5.74, 6) is 6.68. The Morgan fingerprint density at radius 1 is 0.485 bits per heavy atom. The summed E-state index contributed by atoms with van der Waals surface area (Å²) < 4.78 is 0. The van der Waals surface area contributed by atoms with E-state index >= 15 is 0 Å². The molecule has 5 aromatic rings. The Balaban J connectivity index is 1.31. The molecule has 0 atom stereocenters. The van der Waals surface area contributed by atoms with Gasteiger partial charge in [-0.15, -0.1) is 0 Å². The molecule has 0 saturated carbocycles. The number of rotatable bonds is 3. The summed E-state index contributed by atoms with van der Waals surface area (Å²) in [5, 5.41) is 20.1. The summed E-state index contributed by atoms with van der Waals surface area (Å²) in [4.78, 5) is 0. The third-order valence-electron chi connectivity index (χ3n) is 5.30. The van der Waals surface area contributed by atoms with Crippen molar-refractivity contribution in [3.05, 3.63) is 126 Å². The third kappa shape index (κ3) is 4.98. The number of aromatic hydroxyl groups is 1. The zero-order valence-electron chi connectivity index (χ0n) is 17.8. The molecule has 5 rings (SSSR count). The Hall–Kier alpha value is -4.68. The molecule has 156 valence electrons. The van der Waals surface area contributed by atoms with Gasteiger partial charge in [0.05, 0.1) is 11.4 Å². The molecule has 3 nitrogen and oxygen atoms in total. The SMILES string of the molecule is Oc1ccc(N=Nc2ccc(C#Cc3ccc4cc(-c5ccccc5)ccc4c3)cc2)cc1. The van der Waals surface area contributed by atoms with Crippen LogP contribution in [0.25, 0.3) is 21.9 Å². The molecular weight excluding hydrogens is 404 g/mol. The van der Waals surface area contributed by atoms with E-state index in [1.807, 2.05) is 30.3 Å². The molecule has 0 spiro atoms. The van der Waals surface area contributed by atoms with E-state index in [1.54, 1.807) is 24.3 Å². The number of benzene rings is 5. The fourth-order valence-corrected chi connectivity index (χ4v) is 3.52. The lowest BCUT2D eigenvalue weighted by Crippen LogP contribution is -1.81. The van der Waals surface area contributed by atoms with Crippen LogP contribution in [0, 0.1) is 11.8 Å². The van der Waals surface area contributed by atoms with E-state index in [4.69, 9.17) is 0 Å². The maximum atomic E-state index is 9.33. The van der Waals surface area contributed by atoms with Crippen LogP contribution < -0.4 is 0 Å². The van der Waals surface area contributed by atoms with Crippen LogP contribution in [-0.4, -0.2) is 5.11 Å². The van der Waals surface area contributed by atoms with E-state index in [1.165, 1.54) is 21.9 Å². The van der Waals surface area contributed by atoms with Crippen molar-refractivity contribution in [2.45, 2.75) is 0 Å². The molecule has 0 unspecified atom stereocenters. The van der Waals surface area contributed by atoms with Gasteiger partial charge in [0, 0.05) is 11.1 Å². The lowest BCUT2D eigenvalue weighted by atomic mass is 10.00. The average molecular weight is 425 g/mol. The van der Waals surface area contributed by atoms with Gasteiger partial charge in [0.15, 0.2) is 0 Å². The summed E-state index contributed by atoms with van der Waals surface area (Å²) in [5.41, 5.74) is 5.75. The molecule has 0 heterocycles. The van der Waals surface area contributed by atoms with Gasteiger partial charge in [-0.1, -0.05) is 60.4 Å². The molecule has 0 fully saturated rings. The van der Waals surface area contributed by atoms with E-state index in [9.17, 15) is 5.11 Å². The van der Waals surface area contributed by atoms with E-state index in [-0.39, 0.29) is 5.75 Å². The predicted molar refractivity (Wildman–Crippen MR) is 134 cm³/mol. The Morgan fingerprint density at radius 3 is 1.79 bits per heavy atom. The number of phenols is 1. The summed E-state index contributed by atoms with van der Waals surface area (Å²) in [6.45, 7) is 0. The monoisotopic (exact) mass is 424 g/mol. The topological polar surface area (TPSA) is 45.0 Å². The molecule has 0 bridgehead atoms. The van der Waals surface area contributed by atoms with Crippen molar-refractivity contribution in [3.8, 4) is 28.7 Å². The quantitative estimate of drug-likeness (QED) is 0.231. The number of phenolic OH excluding ortho intramolecular Hbond substituents is 1. The van der Waals surface area contributed by atoms with E-state index in [0.717, 1.165) is 16.8 Å². The maximum absolute atomic E-state index is 9.33. The minimum atomic E-state index is 0.209. The van der Waals surface area contributed by atoms with Crippen LogP contribution in [0.1, 0.15) is 11.1 Å². The molecule has 3 heteroatoms. The fourth-order valence-electron chi connectivity index (χ4n) is 3.52. The minimum Gasteiger partial charge on any atom is -0.508 e. The highest BCUT2D eigenvalue weighted by Crippen LogP contribution is 2.25. The molecule has 0 aromatic heterocycles. The number of fused-ring (bicyclic) bond motifs is 1. The van der Waals surface area contributed by atoms with Crippen molar-refractivity contribution in [1.82, 2.24) is 0 Å². The second-order valence-electron chi connectivity index (χ2n) is 7.66. The van der Waals surface area contributed by atoms with Gasteiger partial charge in [-0.05, 0) is 88.6 Å². The Morgan fingerprint density at radius 2 is 1.06 bits per heavy atom. The predicted octanol–water partition coefficient (Wildman–Crippen LogP) is 8.03. The number of hydrogen-bond acceptors (Lipinski definition) is 3. The molecule has 0 saturated heterocycles. The van der Waals surface area contributed by atoms with Gasteiger partial charge in [-0.3, -0.25) is 0 Å². The van der Waals surface area contributed by atoms with Gasteiger partial charge in [0.2, 0.25) is 0 Å². The number of hydrogen-bond donors (Lipinski definition) is 1. The van der Waals surface area contributed by atoms with Crippen molar-refractivity contribution < 1.29 is 5.11 Å². The Kier molecular flexibility index (Phi) is 5.65. The van der Waals surface area contributed by atoms with Crippen LogP contribution in [0.3, 0.4) is 0 Å². The summed E-state index contributed by atoms with van der Waals surface area (Å²) in [6.07, 6.45) is 0. The first-order valence-corrected chi connectivity index (χ1v) is 10.7. The maximum Gasteiger partial charge on any atom is 0.115 e. The Bertz CT molecular complexity index is 1490. The standard InChI is InChI=1S/C30H20N2O/c33-30-18-16-29(17-19-30)32-31-28-14-9-22(10-15-28)6-7-23-8-11-27-21-26(13-12-25(27)20-23)24-4-2-1-3-5-24/h1-5,8-21,33H. The van der Waals surface area contributed by atoms with Crippen molar-refractivity contribution >= 4 is 22.1 Å². The average Bonchev–Trinajstić information content (AvgIpc) is 2.88. The molecular formula is C30H20N2O. The van der Waals surface area contributed by atoms with Gasteiger partial charge in [-0.25, -0.2) is 0 Å². The van der Waals surface area contributed by atoms with E-state index in [2.05, 4.69) is 82.7 Å². The van der Waals surface area contributed by atoms with Gasteiger partial charge in [0.25, 0.3) is 0 Å². The van der Waals surface area contributed by atoms with Crippen LogP contribution >= 0.6 is 0 Å². The fraction of sp³-hybridized carbons (Fsp3) is 0. The third-order valence-corrected chi connectivity index (χ3v) is 5.30. The van der Waals surface area contributed by atoms with Crippen LogP contribution in [-0.2, 0) is 0 Å². The van der Waals surface area contributed by atoms with Crippen molar-refractivity contribution in [2.24, 2.45) is 10.2 Å². The molecule has 33 heavy (non-hydrogen) atoms. The Labute approximate surface area is 192 Å². The lowest BCUT2D eigenvalue weighted by Gasteiger charge is -2.04. The van der Waals surface area contributed by atoms with E-state index in [0.29, 0.717) is 5.69 Å². The lowest BCUT2D eigenvalue weighted by molar-refractivity contribution is 0.475. The smallest absolute Gasteiger partial charge is 0.115 e. The zero-order chi connectivity index (χ0) is 22.5. The van der Waals surface area contributed by atoms with Crippen molar-refractivity contribution in [1.29, 1.82) is 0 Å². The summed E-state index contributed by atoms with van der Waals surface area (Å²) >= 11 is 0. The summed E-state index contributed by atoms with van der Waals surface area (Å²) in [7, 11) is 0. The van der Waals surface area contributed by atoms with Gasteiger partial charge >= 0.3 is 0 Å². The second kappa shape index (κ2) is 9.21. The first-order valence-electron chi connectivity index (χ1n) is 10.7. The van der Waals surface area contributed by atoms with Crippen molar-refractivity contribution in [2.75, 3.05) is 0 Å². The van der Waals surface area contributed by atoms with Crippen LogP contribution in [0.4, 0.5) is 11.4 Å². The zero-order valence-corrected chi connectivity index (χ0v) is 17.8. The molecule has 0 radical (unpaired) electrons. The summed E-state index contributed by atoms with van der Waals surface area (Å²) in [6, 6.07) is 37.5. The number of nitrogens with zero attached hydrogens (tertiary/aromatic N) is 2. The second-order valence-corrected chi connectivity index (χ2v) is 7.66. The largest absolute Gasteiger partial charge is 0.508 e. The highest BCUT2D eigenvalue weighted by atomic mass is 16.3. The van der Waals surface area contributed by atoms with Gasteiger partial charge in [0.1, 0.15) is 5.75 Å². The molecule has 0 amide bonds. The minimum absolute atomic E-state index is 0.209. The highest BCUT2D eigenvalue weighted by molar-refractivity contribution is 5.88.